The number of fused-ring (bicyclic) bond motifs is 8. The third-order valence-corrected chi connectivity index (χ3v) is 15.4. The van der Waals surface area contributed by atoms with Gasteiger partial charge in [0.1, 0.15) is 0 Å². The van der Waals surface area contributed by atoms with Crippen LogP contribution >= 0.6 is 0 Å². The molecule has 0 N–H and O–H groups in total. The van der Waals surface area contributed by atoms with Crippen LogP contribution in [0.15, 0.2) is 267 Å². The Balaban J connectivity index is 0.961. The second-order valence-corrected chi connectivity index (χ2v) is 21.1. The molecule has 2 heterocycles. The van der Waals surface area contributed by atoms with Crippen LogP contribution in [0.5, 0.6) is 0 Å². The number of nitrogens with zero attached hydrogens (tertiary/aromatic N) is 3. The Hall–Kier alpha value is -9.44. The van der Waals surface area contributed by atoms with Gasteiger partial charge in [-0.1, -0.05) is 178 Å². The fourth-order valence-corrected chi connectivity index (χ4v) is 11.5. The van der Waals surface area contributed by atoms with Gasteiger partial charge in [0.25, 0.3) is 0 Å². The summed E-state index contributed by atoms with van der Waals surface area (Å²) in [6.07, 6.45) is 0. The van der Waals surface area contributed by atoms with E-state index >= 15 is 0 Å². The van der Waals surface area contributed by atoms with Gasteiger partial charge in [-0.25, -0.2) is 0 Å². The largest absolute Gasteiger partial charge is 0.310 e. The van der Waals surface area contributed by atoms with Gasteiger partial charge in [-0.05, 0) is 175 Å². The van der Waals surface area contributed by atoms with Crippen molar-refractivity contribution in [2.45, 2.75) is 26.2 Å². The smallest absolute Gasteiger partial charge is 0.0620 e. The van der Waals surface area contributed by atoms with Crippen LogP contribution in [0.4, 0.5) is 34.1 Å². The molecule has 0 aliphatic carbocycles. The molecule has 75 heavy (non-hydrogen) atoms. The number of hydrogen-bond donors (Lipinski definition) is 0. The molecule has 2 aromatic heterocycles. The van der Waals surface area contributed by atoms with Crippen LogP contribution in [0.3, 0.4) is 0 Å². The van der Waals surface area contributed by atoms with E-state index in [-0.39, 0.29) is 5.41 Å². The van der Waals surface area contributed by atoms with Crippen LogP contribution in [0.1, 0.15) is 26.3 Å². The topological polar surface area (TPSA) is 10.9 Å². The molecule has 3 heteroatoms. The number of para-hydroxylation sites is 2. The summed E-state index contributed by atoms with van der Waals surface area (Å²) in [5.74, 6) is 0. The minimum Gasteiger partial charge on any atom is -0.310 e. The Labute approximate surface area is 437 Å². The summed E-state index contributed by atoms with van der Waals surface area (Å²) in [5.41, 5.74) is 19.0. The highest BCUT2D eigenvalue weighted by molar-refractivity contribution is 6.27. The van der Waals surface area contributed by atoms with E-state index in [1.54, 1.807) is 0 Å². The fraction of sp³-hybridized carbons (Fsp3) is 0.0556. The monoisotopic (exact) mass is 959 g/mol. The molecule has 0 aliphatic rings. The molecule has 0 unspecified atom stereocenters. The average molecular weight is 960 g/mol. The molecule has 356 valence electrons. The molecular formula is C72H53N3. The number of benzene rings is 12. The van der Waals surface area contributed by atoms with Crippen molar-refractivity contribution in [2.24, 2.45) is 0 Å². The molecule has 14 rings (SSSR count). The lowest BCUT2D eigenvalue weighted by molar-refractivity contribution is 0.590. The second-order valence-electron chi connectivity index (χ2n) is 21.1. The number of hydrogen-bond acceptors (Lipinski definition) is 2. The minimum atomic E-state index is 0.0704. The molecule has 0 fully saturated rings. The third-order valence-electron chi connectivity index (χ3n) is 15.4. The molecule has 0 spiro atoms. The van der Waals surface area contributed by atoms with E-state index in [1.165, 1.54) is 98.6 Å². The molecule has 14 aromatic rings. The maximum atomic E-state index is 2.55. The van der Waals surface area contributed by atoms with E-state index in [4.69, 9.17) is 0 Å². The maximum Gasteiger partial charge on any atom is 0.0620 e. The lowest BCUT2D eigenvalue weighted by Crippen LogP contribution is -2.10. The Morgan fingerprint density at radius 2 is 0.613 bits per heavy atom. The fourth-order valence-electron chi connectivity index (χ4n) is 11.5. The van der Waals surface area contributed by atoms with Crippen LogP contribution in [0.2, 0.25) is 0 Å². The number of aromatic nitrogens is 1. The lowest BCUT2D eigenvalue weighted by Gasteiger charge is -2.26. The summed E-state index contributed by atoms with van der Waals surface area (Å²) >= 11 is 0. The summed E-state index contributed by atoms with van der Waals surface area (Å²) < 4.78 is 2.55. The van der Waals surface area contributed by atoms with E-state index in [9.17, 15) is 0 Å². The molecule has 0 radical (unpaired) electrons. The zero-order valence-electron chi connectivity index (χ0n) is 42.2. The van der Waals surface area contributed by atoms with Gasteiger partial charge >= 0.3 is 0 Å². The normalized spacial score (nSPS) is 11.9. The minimum absolute atomic E-state index is 0.0704. The second kappa shape index (κ2) is 17.7. The first-order valence-electron chi connectivity index (χ1n) is 26.1. The Morgan fingerprint density at radius 3 is 1.03 bits per heavy atom. The SMILES string of the molecule is CC(C)(C)c1ccc(-c2cc3c4cc5ccc(N(c6ccccc6)c6ccc(-c7ccccc7)cc6)cc5cc4n4c5cc6cc(N(c7ccccc7)c7ccc(-c8ccccc8)cc7)ccc6cc5c(c2)c34)cc1. The first kappa shape index (κ1) is 44.3. The molecule has 0 amide bonds. The average Bonchev–Trinajstić information content (AvgIpc) is 3.96. The third kappa shape index (κ3) is 7.75. The standard InChI is InChI=1S/C72H53N3/c1-72(2,3)58-32-24-52(25-33-58)57-44-67-65-42-53-30-38-63(73(59-20-12-6-13-21-59)61-34-26-50(27-35-61)48-16-8-4-9-17-48)40-55(53)46-69(65)75-70-47-56-41-64(39-31-54(56)43-66(70)68(45-57)71(67)75)74(60-22-14-7-15-23-60)62-36-28-51(29-37-62)49-18-10-5-11-19-49/h4-47H,1-3H3. The first-order valence-corrected chi connectivity index (χ1v) is 26.1. The summed E-state index contributed by atoms with van der Waals surface area (Å²) in [4.78, 5) is 4.74. The van der Waals surface area contributed by atoms with E-state index < -0.39 is 0 Å². The van der Waals surface area contributed by atoms with Gasteiger partial charge < -0.3 is 14.2 Å². The van der Waals surface area contributed by atoms with Gasteiger partial charge in [0.05, 0.1) is 16.6 Å². The van der Waals surface area contributed by atoms with Gasteiger partial charge in [-0.15, -0.1) is 0 Å². The molecule has 12 aromatic carbocycles. The van der Waals surface area contributed by atoms with Gasteiger partial charge in [-0.2, -0.15) is 0 Å². The Bertz CT molecular complexity index is 4130. The van der Waals surface area contributed by atoms with Gasteiger partial charge in [0.2, 0.25) is 0 Å². The van der Waals surface area contributed by atoms with E-state index in [2.05, 4.69) is 302 Å². The van der Waals surface area contributed by atoms with Gasteiger partial charge in [0.15, 0.2) is 0 Å². The molecule has 3 nitrogen and oxygen atoms in total. The molecule has 0 aliphatic heterocycles. The molecule has 0 saturated carbocycles. The first-order chi connectivity index (χ1) is 36.8. The van der Waals surface area contributed by atoms with Crippen molar-refractivity contribution >= 4 is 93.8 Å². The molecular weight excluding hydrogens is 907 g/mol. The van der Waals surface area contributed by atoms with Gasteiger partial charge in [-0.3, -0.25) is 0 Å². The predicted octanol–water partition coefficient (Wildman–Crippen LogP) is 20.4. The maximum absolute atomic E-state index is 2.55. The summed E-state index contributed by atoms with van der Waals surface area (Å²) in [5, 5.41) is 9.84. The summed E-state index contributed by atoms with van der Waals surface area (Å²) in [6.45, 7) is 6.85. The van der Waals surface area contributed by atoms with Crippen molar-refractivity contribution in [1.29, 1.82) is 0 Å². The lowest BCUT2D eigenvalue weighted by atomic mass is 9.86. The van der Waals surface area contributed by atoms with E-state index in [0.29, 0.717) is 0 Å². The van der Waals surface area contributed by atoms with Crippen LogP contribution in [0.25, 0.3) is 93.0 Å². The van der Waals surface area contributed by atoms with Crippen molar-refractivity contribution in [2.75, 3.05) is 9.80 Å². The van der Waals surface area contributed by atoms with Crippen LogP contribution < -0.4 is 9.80 Å². The molecule has 0 saturated heterocycles. The zero-order valence-corrected chi connectivity index (χ0v) is 42.2. The van der Waals surface area contributed by atoms with Crippen molar-refractivity contribution in [1.82, 2.24) is 4.40 Å². The van der Waals surface area contributed by atoms with Crippen LogP contribution in [-0.4, -0.2) is 4.40 Å². The summed E-state index contributed by atoms with van der Waals surface area (Å²) in [7, 11) is 0. The zero-order chi connectivity index (χ0) is 50.2. The predicted molar refractivity (Wildman–Crippen MR) is 320 cm³/mol. The Morgan fingerprint density at radius 1 is 0.267 bits per heavy atom. The summed E-state index contributed by atoms with van der Waals surface area (Å²) in [6, 6.07) is 98.3. The van der Waals surface area contributed by atoms with Gasteiger partial charge in [0, 0.05) is 55.7 Å². The van der Waals surface area contributed by atoms with Crippen LogP contribution in [0, 0.1) is 0 Å². The number of anilines is 6. The van der Waals surface area contributed by atoms with Crippen molar-refractivity contribution in [3.8, 4) is 33.4 Å². The van der Waals surface area contributed by atoms with E-state index in [1.807, 2.05) is 0 Å². The molecule has 0 bridgehead atoms. The van der Waals surface area contributed by atoms with E-state index in [0.717, 1.165) is 34.1 Å². The van der Waals surface area contributed by atoms with Crippen LogP contribution in [-0.2, 0) is 5.41 Å². The Kier molecular flexibility index (Phi) is 10.4. The van der Waals surface area contributed by atoms with Crippen molar-refractivity contribution in [3.05, 3.63) is 272 Å². The highest BCUT2D eigenvalue weighted by Gasteiger charge is 2.23. The quantitative estimate of drug-likeness (QED) is 0.143. The molecule has 0 atom stereocenters. The number of rotatable bonds is 9. The highest BCUT2D eigenvalue weighted by atomic mass is 15.1. The van der Waals surface area contributed by atoms with Crippen molar-refractivity contribution in [3.63, 3.8) is 0 Å². The highest BCUT2D eigenvalue weighted by Crippen LogP contribution is 2.46. The van der Waals surface area contributed by atoms with Crippen molar-refractivity contribution < 1.29 is 0 Å².